The Morgan fingerprint density at radius 2 is 1.57 bits per heavy atom. The molecule has 8 heteroatoms. The first kappa shape index (κ1) is 24.2. The number of carbonyl (C=O) groups excluding carboxylic acids is 3. The molecule has 182 valence electrons. The van der Waals surface area contributed by atoms with Crippen molar-refractivity contribution in [3.05, 3.63) is 76.6 Å². The standard InChI is InChI=1S/C27H30N4O4/c1-18-24(14-15-25(32)35-3)19(2)31(29-18)23-12-8-20(9-13-23)26(33)28-22-10-6-21(7-11-22)27(34)30-16-4-5-17-30/h6-13H,4-5,14-17H2,1-3H3,(H,28,33). The summed E-state index contributed by atoms with van der Waals surface area (Å²) in [5, 5.41) is 7.49. The molecular formula is C27H30N4O4. The zero-order valence-corrected chi connectivity index (χ0v) is 20.3. The molecule has 1 saturated heterocycles. The van der Waals surface area contributed by atoms with E-state index in [9.17, 15) is 14.4 Å². The van der Waals surface area contributed by atoms with Crippen molar-refractivity contribution in [2.45, 2.75) is 39.5 Å². The lowest BCUT2D eigenvalue weighted by molar-refractivity contribution is -0.140. The molecule has 0 radical (unpaired) electrons. The van der Waals surface area contributed by atoms with Gasteiger partial charge in [0, 0.05) is 42.0 Å². The number of nitrogens with one attached hydrogen (secondary N) is 1. The van der Waals surface area contributed by atoms with E-state index in [0.717, 1.165) is 48.6 Å². The SMILES string of the molecule is COC(=O)CCc1c(C)nn(-c2ccc(C(=O)Nc3ccc(C(=O)N4CCCC4)cc3)cc2)c1C. The van der Waals surface area contributed by atoms with Gasteiger partial charge in [-0.05, 0) is 87.2 Å². The summed E-state index contributed by atoms with van der Waals surface area (Å²) in [5.74, 6) is -0.448. The number of likely N-dealkylation sites (tertiary alicyclic amines) is 1. The monoisotopic (exact) mass is 474 g/mol. The molecule has 0 saturated carbocycles. The Balaban J connectivity index is 1.41. The third-order valence-corrected chi connectivity index (χ3v) is 6.41. The van der Waals surface area contributed by atoms with Crippen LogP contribution in [-0.2, 0) is 16.0 Å². The highest BCUT2D eigenvalue weighted by atomic mass is 16.5. The number of amides is 2. The Bertz CT molecular complexity index is 1220. The van der Waals surface area contributed by atoms with E-state index in [0.29, 0.717) is 29.7 Å². The maximum absolute atomic E-state index is 12.7. The van der Waals surface area contributed by atoms with Crippen LogP contribution in [0.25, 0.3) is 5.69 Å². The van der Waals surface area contributed by atoms with Crippen molar-refractivity contribution in [3.63, 3.8) is 0 Å². The molecule has 0 atom stereocenters. The molecule has 1 aromatic heterocycles. The first-order valence-electron chi connectivity index (χ1n) is 11.8. The van der Waals surface area contributed by atoms with E-state index in [1.807, 2.05) is 35.6 Å². The maximum Gasteiger partial charge on any atom is 0.305 e. The summed E-state index contributed by atoms with van der Waals surface area (Å²) in [6.45, 7) is 5.49. The van der Waals surface area contributed by atoms with Crippen LogP contribution in [0, 0.1) is 13.8 Å². The average molecular weight is 475 g/mol. The van der Waals surface area contributed by atoms with Gasteiger partial charge in [-0.15, -0.1) is 0 Å². The van der Waals surface area contributed by atoms with Crippen molar-refractivity contribution >= 4 is 23.5 Å². The maximum atomic E-state index is 12.7. The van der Waals surface area contributed by atoms with E-state index >= 15 is 0 Å². The molecule has 2 heterocycles. The number of hydrogen-bond acceptors (Lipinski definition) is 5. The van der Waals surface area contributed by atoms with Crippen molar-refractivity contribution in [1.82, 2.24) is 14.7 Å². The molecule has 1 aliphatic heterocycles. The molecule has 1 fully saturated rings. The van der Waals surface area contributed by atoms with Crippen LogP contribution in [0.5, 0.6) is 0 Å². The molecule has 2 amide bonds. The van der Waals surface area contributed by atoms with Gasteiger partial charge in [-0.2, -0.15) is 5.10 Å². The van der Waals surface area contributed by atoms with Crippen molar-refractivity contribution in [3.8, 4) is 5.69 Å². The van der Waals surface area contributed by atoms with Crippen molar-refractivity contribution < 1.29 is 19.1 Å². The molecule has 3 aromatic rings. The lowest BCUT2D eigenvalue weighted by atomic mass is 10.1. The third kappa shape index (κ3) is 5.42. The summed E-state index contributed by atoms with van der Waals surface area (Å²) in [4.78, 5) is 38.6. The minimum atomic E-state index is -0.250. The molecule has 1 N–H and O–H groups in total. The van der Waals surface area contributed by atoms with Crippen LogP contribution in [0.3, 0.4) is 0 Å². The number of benzene rings is 2. The van der Waals surface area contributed by atoms with Gasteiger partial charge in [0.15, 0.2) is 0 Å². The Morgan fingerprint density at radius 1 is 0.943 bits per heavy atom. The van der Waals surface area contributed by atoms with Gasteiger partial charge in [-0.3, -0.25) is 14.4 Å². The molecule has 0 spiro atoms. The summed E-state index contributed by atoms with van der Waals surface area (Å²) >= 11 is 0. The molecule has 0 bridgehead atoms. The number of aryl methyl sites for hydroxylation is 1. The number of anilines is 1. The van der Waals surface area contributed by atoms with Crippen LogP contribution >= 0.6 is 0 Å². The minimum absolute atomic E-state index is 0.0357. The smallest absolute Gasteiger partial charge is 0.305 e. The molecular weight excluding hydrogens is 444 g/mol. The topological polar surface area (TPSA) is 93.5 Å². The van der Waals surface area contributed by atoms with Gasteiger partial charge in [0.2, 0.25) is 0 Å². The van der Waals surface area contributed by atoms with Crippen LogP contribution < -0.4 is 5.32 Å². The van der Waals surface area contributed by atoms with Gasteiger partial charge in [-0.25, -0.2) is 4.68 Å². The second-order valence-corrected chi connectivity index (χ2v) is 8.71. The highest BCUT2D eigenvalue weighted by molar-refractivity contribution is 6.04. The quantitative estimate of drug-likeness (QED) is 0.521. The van der Waals surface area contributed by atoms with Gasteiger partial charge in [0.1, 0.15) is 0 Å². The fourth-order valence-electron chi connectivity index (χ4n) is 4.37. The number of aromatic nitrogens is 2. The normalized spacial score (nSPS) is 13.1. The van der Waals surface area contributed by atoms with Gasteiger partial charge < -0.3 is 15.0 Å². The lowest BCUT2D eigenvalue weighted by Gasteiger charge is -2.15. The van der Waals surface area contributed by atoms with Crippen LogP contribution in [0.4, 0.5) is 5.69 Å². The third-order valence-electron chi connectivity index (χ3n) is 6.41. The van der Waals surface area contributed by atoms with Crippen LogP contribution in [0.15, 0.2) is 48.5 Å². The number of rotatable bonds is 7. The van der Waals surface area contributed by atoms with Gasteiger partial charge in [-0.1, -0.05) is 0 Å². The van der Waals surface area contributed by atoms with Gasteiger partial charge in [0.05, 0.1) is 18.5 Å². The summed E-state index contributed by atoms with van der Waals surface area (Å²) in [7, 11) is 1.38. The van der Waals surface area contributed by atoms with Crippen LogP contribution in [0.1, 0.15) is 56.9 Å². The van der Waals surface area contributed by atoms with E-state index in [1.165, 1.54) is 7.11 Å². The van der Waals surface area contributed by atoms with Gasteiger partial charge >= 0.3 is 5.97 Å². The number of methoxy groups -OCH3 is 1. The zero-order valence-electron chi connectivity index (χ0n) is 20.3. The first-order valence-corrected chi connectivity index (χ1v) is 11.8. The van der Waals surface area contributed by atoms with Crippen molar-refractivity contribution in [2.24, 2.45) is 0 Å². The minimum Gasteiger partial charge on any atom is -0.469 e. The second kappa shape index (κ2) is 10.5. The number of carbonyl (C=O) groups is 3. The Kier molecular flexibility index (Phi) is 7.29. The Morgan fingerprint density at radius 3 is 2.20 bits per heavy atom. The second-order valence-electron chi connectivity index (χ2n) is 8.71. The zero-order chi connectivity index (χ0) is 24.9. The molecule has 0 aliphatic carbocycles. The summed E-state index contributed by atoms with van der Waals surface area (Å²) in [6.07, 6.45) is 2.97. The predicted molar refractivity (Wildman–Crippen MR) is 133 cm³/mol. The van der Waals surface area contributed by atoms with E-state index in [-0.39, 0.29) is 17.8 Å². The number of nitrogens with zero attached hydrogens (tertiary/aromatic N) is 3. The lowest BCUT2D eigenvalue weighted by Crippen LogP contribution is -2.27. The summed E-state index contributed by atoms with van der Waals surface area (Å²) in [6, 6.07) is 14.2. The van der Waals surface area contributed by atoms with E-state index in [2.05, 4.69) is 10.4 Å². The van der Waals surface area contributed by atoms with Gasteiger partial charge in [0.25, 0.3) is 11.8 Å². The number of ether oxygens (including phenoxy) is 1. The largest absolute Gasteiger partial charge is 0.469 e. The Labute approximate surface area is 204 Å². The average Bonchev–Trinajstić information content (AvgIpc) is 3.51. The molecule has 0 unspecified atom stereocenters. The highest BCUT2D eigenvalue weighted by Crippen LogP contribution is 2.21. The fourth-order valence-corrected chi connectivity index (χ4v) is 4.37. The first-order chi connectivity index (χ1) is 16.9. The predicted octanol–water partition coefficient (Wildman–Crippen LogP) is 4.08. The van der Waals surface area contributed by atoms with Crippen LogP contribution in [0.2, 0.25) is 0 Å². The van der Waals surface area contributed by atoms with Crippen molar-refractivity contribution in [1.29, 1.82) is 0 Å². The van der Waals surface area contributed by atoms with E-state index in [4.69, 9.17) is 4.74 Å². The highest BCUT2D eigenvalue weighted by Gasteiger charge is 2.19. The number of hydrogen-bond donors (Lipinski definition) is 1. The van der Waals surface area contributed by atoms with Crippen LogP contribution in [-0.4, -0.2) is 52.7 Å². The fraction of sp³-hybridized carbons (Fsp3) is 0.333. The summed E-state index contributed by atoms with van der Waals surface area (Å²) in [5.41, 5.74) is 5.43. The Hall–Kier alpha value is -3.94. The molecule has 1 aliphatic rings. The van der Waals surface area contributed by atoms with Crippen molar-refractivity contribution in [2.75, 3.05) is 25.5 Å². The number of esters is 1. The van der Waals surface area contributed by atoms with E-state index in [1.54, 1.807) is 36.4 Å². The molecule has 8 nitrogen and oxygen atoms in total. The molecule has 4 rings (SSSR count). The molecule has 2 aromatic carbocycles. The summed E-state index contributed by atoms with van der Waals surface area (Å²) < 4.78 is 6.56. The van der Waals surface area contributed by atoms with E-state index < -0.39 is 0 Å². The molecule has 35 heavy (non-hydrogen) atoms.